The Morgan fingerprint density at radius 2 is 1.60 bits per heavy atom. The summed E-state index contributed by atoms with van der Waals surface area (Å²) in [6, 6.07) is 8.92. The zero-order valence-electron chi connectivity index (χ0n) is 9.11. The lowest BCUT2D eigenvalue weighted by Crippen LogP contribution is -2.21. The second-order valence-corrected chi connectivity index (χ2v) is 5.44. The first-order valence-corrected chi connectivity index (χ1v) is 6.63. The molecule has 0 atom stereocenters. The summed E-state index contributed by atoms with van der Waals surface area (Å²) in [6.07, 6.45) is 3.77. The number of carbonyl (C=O) groups is 2. The van der Waals surface area contributed by atoms with Crippen molar-refractivity contribution in [2.24, 2.45) is 0 Å². The van der Waals surface area contributed by atoms with Gasteiger partial charge >= 0.3 is 0 Å². The van der Waals surface area contributed by atoms with Gasteiger partial charge in [-0.2, -0.15) is 10.5 Å². The van der Waals surface area contributed by atoms with E-state index in [9.17, 15) is 9.59 Å². The Morgan fingerprint density at radius 3 is 2.00 bits per heavy atom. The number of ketones is 2. The van der Waals surface area contributed by atoms with Crippen molar-refractivity contribution in [3.8, 4) is 0 Å². The minimum absolute atomic E-state index is 0.128. The van der Waals surface area contributed by atoms with Crippen molar-refractivity contribution in [2.75, 3.05) is 12.5 Å². The lowest BCUT2D eigenvalue weighted by molar-refractivity contribution is -0.110. The van der Waals surface area contributed by atoms with Gasteiger partial charge in [-0.15, -0.1) is 0 Å². The van der Waals surface area contributed by atoms with Gasteiger partial charge in [-0.25, -0.2) is 0 Å². The summed E-state index contributed by atoms with van der Waals surface area (Å²) < 4.78 is 0. The van der Waals surface area contributed by atoms with Crippen LogP contribution in [0.15, 0.2) is 30.3 Å². The molecular formula is C12H14O2S. The van der Waals surface area contributed by atoms with Crippen molar-refractivity contribution in [2.45, 2.75) is 6.92 Å². The van der Waals surface area contributed by atoms with Crippen LogP contribution in [0.25, 0.3) is 0 Å². The molecule has 0 aliphatic rings. The normalized spacial score (nSPS) is 10.1. The van der Waals surface area contributed by atoms with E-state index >= 15 is 0 Å². The van der Waals surface area contributed by atoms with E-state index in [1.807, 2.05) is 18.6 Å². The molecule has 15 heavy (non-hydrogen) atoms. The number of carbonyl (C=O) groups excluding carboxylic acids is 2. The third-order valence-corrected chi connectivity index (χ3v) is 3.26. The van der Waals surface area contributed by atoms with Gasteiger partial charge in [0.1, 0.15) is 0 Å². The molecule has 0 fully saturated rings. The molecule has 0 N–H and O–H groups in total. The smallest absolute Gasteiger partial charge is 0.202 e. The molecule has 1 aromatic rings. The van der Waals surface area contributed by atoms with Crippen molar-refractivity contribution in [3.05, 3.63) is 35.9 Å². The summed E-state index contributed by atoms with van der Waals surface area (Å²) >= 11 is 0. The van der Waals surface area contributed by atoms with Crippen LogP contribution in [-0.4, -0.2) is 28.9 Å². The molecule has 1 rings (SSSR count). The molecule has 0 heterocycles. The zero-order valence-corrected chi connectivity index (χ0v) is 9.93. The second-order valence-electron chi connectivity index (χ2n) is 3.40. The average Bonchev–Trinajstić information content (AvgIpc) is 2.18. The van der Waals surface area contributed by atoms with E-state index in [-0.39, 0.29) is 22.1 Å². The molecule has 0 spiro atoms. The molecule has 2 nitrogen and oxygen atoms in total. The summed E-state index contributed by atoms with van der Waals surface area (Å²) in [5, 5.41) is 0. The molecule has 0 radical (unpaired) electrons. The fourth-order valence-corrected chi connectivity index (χ4v) is 2.42. The first-order chi connectivity index (χ1) is 7.04. The van der Waals surface area contributed by atoms with E-state index in [2.05, 4.69) is 0 Å². The molecule has 3 heteroatoms. The molecular weight excluding hydrogens is 208 g/mol. The quantitative estimate of drug-likeness (QED) is 0.446. The number of hydrogen-bond acceptors (Lipinski definition) is 2. The third kappa shape index (κ3) is 2.86. The van der Waals surface area contributed by atoms with Crippen LogP contribution in [0.5, 0.6) is 0 Å². The van der Waals surface area contributed by atoms with Crippen molar-refractivity contribution in [1.29, 1.82) is 0 Å². The highest BCUT2D eigenvalue weighted by Crippen LogP contribution is 2.10. The molecule has 0 amide bonds. The summed E-state index contributed by atoms with van der Waals surface area (Å²) in [5.74, 6) is -0.270. The van der Waals surface area contributed by atoms with Gasteiger partial charge in [0.2, 0.25) is 5.78 Å². The van der Waals surface area contributed by atoms with E-state index in [1.54, 1.807) is 24.3 Å². The van der Waals surface area contributed by atoms with E-state index in [0.29, 0.717) is 10.4 Å². The molecule has 0 saturated heterocycles. The maximum Gasteiger partial charge on any atom is 0.202 e. The second kappa shape index (κ2) is 5.03. The molecule has 0 aromatic heterocycles. The SMILES string of the molecule is CC(=O)C(C(=O)c1ccccc1)=S(C)C. The van der Waals surface area contributed by atoms with E-state index in [0.717, 1.165) is 0 Å². The molecule has 0 saturated carbocycles. The molecule has 0 unspecified atom stereocenters. The van der Waals surface area contributed by atoms with E-state index < -0.39 is 0 Å². The fourth-order valence-electron chi connectivity index (χ4n) is 1.35. The monoisotopic (exact) mass is 222 g/mol. The largest absolute Gasteiger partial charge is 0.294 e. The maximum atomic E-state index is 12.0. The van der Waals surface area contributed by atoms with Crippen molar-refractivity contribution >= 4 is 26.9 Å². The first kappa shape index (κ1) is 11.9. The van der Waals surface area contributed by atoms with Crippen molar-refractivity contribution in [1.82, 2.24) is 0 Å². The van der Waals surface area contributed by atoms with E-state index in [1.165, 1.54) is 6.92 Å². The predicted octanol–water partition coefficient (Wildman–Crippen LogP) is 2.16. The minimum Gasteiger partial charge on any atom is -0.294 e. The van der Waals surface area contributed by atoms with Gasteiger partial charge in [-0.05, 0) is 19.4 Å². The summed E-state index contributed by atoms with van der Waals surface area (Å²) in [5.41, 5.74) is 0.587. The van der Waals surface area contributed by atoms with Crippen molar-refractivity contribution in [3.63, 3.8) is 0 Å². The van der Waals surface area contributed by atoms with Crippen LogP contribution in [0.3, 0.4) is 0 Å². The van der Waals surface area contributed by atoms with Crippen LogP contribution in [0.4, 0.5) is 0 Å². The molecule has 1 aromatic carbocycles. The van der Waals surface area contributed by atoms with Crippen LogP contribution < -0.4 is 0 Å². The van der Waals surface area contributed by atoms with Crippen LogP contribution >= 0.6 is 10.5 Å². The zero-order chi connectivity index (χ0) is 11.4. The Bertz CT molecular complexity index is 415. The Morgan fingerprint density at radius 1 is 1.07 bits per heavy atom. The van der Waals surface area contributed by atoms with Gasteiger partial charge < -0.3 is 0 Å². The number of hydrogen-bond donors (Lipinski definition) is 0. The van der Waals surface area contributed by atoms with Gasteiger partial charge in [-0.3, -0.25) is 9.59 Å². The summed E-state index contributed by atoms with van der Waals surface area (Å²) in [7, 11) is -0.296. The molecule has 0 aliphatic heterocycles. The number of benzene rings is 1. The highest BCUT2D eigenvalue weighted by atomic mass is 32.2. The van der Waals surface area contributed by atoms with Gasteiger partial charge in [0.15, 0.2) is 5.78 Å². The van der Waals surface area contributed by atoms with Crippen molar-refractivity contribution < 1.29 is 9.59 Å². The van der Waals surface area contributed by atoms with Gasteiger partial charge in [0, 0.05) is 5.56 Å². The van der Waals surface area contributed by atoms with Crippen LogP contribution in [0.1, 0.15) is 17.3 Å². The van der Waals surface area contributed by atoms with Crippen LogP contribution in [-0.2, 0) is 4.79 Å². The first-order valence-electron chi connectivity index (χ1n) is 4.59. The highest BCUT2D eigenvalue weighted by molar-refractivity contribution is 8.16. The number of Topliss-reactive ketones (excluding diaryl/α,β-unsaturated/α-hetero) is 2. The molecule has 80 valence electrons. The minimum atomic E-state index is -0.296. The van der Waals surface area contributed by atoms with Gasteiger partial charge in [-0.1, -0.05) is 30.3 Å². The Kier molecular flexibility index (Phi) is 3.97. The Labute approximate surface area is 92.2 Å². The molecule has 0 bridgehead atoms. The van der Waals surface area contributed by atoms with Crippen LogP contribution in [0, 0.1) is 0 Å². The molecule has 0 aliphatic carbocycles. The standard InChI is InChI=1S/C12H14O2S/c1-9(13)12(15(2)3)11(14)10-7-5-4-6-8-10/h4-8H,1-3H3. The summed E-state index contributed by atoms with van der Waals surface area (Å²) in [4.78, 5) is 23.7. The average molecular weight is 222 g/mol. The predicted molar refractivity (Wildman–Crippen MR) is 65.9 cm³/mol. The van der Waals surface area contributed by atoms with Gasteiger partial charge in [0.05, 0.1) is 4.86 Å². The lowest BCUT2D eigenvalue weighted by Gasteiger charge is -2.05. The Hall–Kier alpha value is -1.22. The van der Waals surface area contributed by atoms with Crippen LogP contribution in [0.2, 0.25) is 0 Å². The Balaban J connectivity index is 3.15. The maximum absolute atomic E-state index is 12.0. The fraction of sp³-hybridized carbons (Fsp3) is 0.250. The van der Waals surface area contributed by atoms with E-state index in [4.69, 9.17) is 0 Å². The lowest BCUT2D eigenvalue weighted by atomic mass is 10.1. The highest BCUT2D eigenvalue weighted by Gasteiger charge is 2.17. The number of rotatable bonds is 3. The third-order valence-electron chi connectivity index (χ3n) is 1.97. The van der Waals surface area contributed by atoms with Gasteiger partial charge in [0.25, 0.3) is 0 Å². The topological polar surface area (TPSA) is 34.1 Å². The summed E-state index contributed by atoms with van der Waals surface area (Å²) in [6.45, 7) is 1.45.